The van der Waals surface area contributed by atoms with E-state index >= 15 is 0 Å². The highest BCUT2D eigenvalue weighted by Crippen LogP contribution is 2.31. The van der Waals surface area contributed by atoms with Crippen LogP contribution < -0.4 is 10.9 Å². The first kappa shape index (κ1) is 31.1. The molecule has 0 N–H and O–H groups in total. The third-order valence-corrected chi connectivity index (χ3v) is 9.81. The van der Waals surface area contributed by atoms with Gasteiger partial charge in [0.05, 0.1) is 21.9 Å². The van der Waals surface area contributed by atoms with Crippen molar-refractivity contribution in [2.75, 3.05) is 0 Å². The van der Waals surface area contributed by atoms with E-state index < -0.39 is 0 Å². The largest absolute Gasteiger partial charge is 0.309 e. The first-order chi connectivity index (χ1) is 26.6. The highest BCUT2D eigenvalue weighted by atomic mass is 16.1. The summed E-state index contributed by atoms with van der Waals surface area (Å²) in [6.45, 7) is 0. The summed E-state index contributed by atoms with van der Waals surface area (Å²) < 4.78 is 4.15. The Kier molecular flexibility index (Phi) is 7.20. The topological polar surface area (TPSA) is 82.7 Å². The van der Waals surface area contributed by atoms with Crippen LogP contribution in [0.15, 0.2) is 173 Å². The van der Waals surface area contributed by atoms with Gasteiger partial charge in [0, 0.05) is 44.2 Å². The van der Waals surface area contributed by atoms with Crippen molar-refractivity contribution in [1.29, 1.82) is 0 Å². The van der Waals surface area contributed by atoms with Gasteiger partial charge < -0.3 is 9.13 Å². The van der Waals surface area contributed by atoms with E-state index in [1.165, 1.54) is 0 Å². The van der Waals surface area contributed by atoms with Crippen molar-refractivity contribution in [2.24, 2.45) is 0 Å². The second-order valence-corrected chi connectivity index (χ2v) is 13.0. The maximum Gasteiger partial charge on any atom is 0.197 e. The summed E-state index contributed by atoms with van der Waals surface area (Å²) in [4.78, 5) is 42.1. The molecule has 0 aliphatic carbocycles. The van der Waals surface area contributed by atoms with Crippen LogP contribution >= 0.6 is 0 Å². The molecule has 0 saturated heterocycles. The van der Waals surface area contributed by atoms with Gasteiger partial charge in [-0.25, -0.2) is 15.0 Å². The lowest BCUT2D eigenvalue weighted by Crippen LogP contribution is -2.10. The van der Waals surface area contributed by atoms with Crippen molar-refractivity contribution in [3.8, 4) is 45.5 Å². The Labute approximate surface area is 308 Å². The van der Waals surface area contributed by atoms with Gasteiger partial charge in [0.15, 0.2) is 28.3 Å². The molecule has 10 aromatic rings. The molecule has 0 radical (unpaired) electrons. The molecule has 10 rings (SSSR count). The van der Waals surface area contributed by atoms with Crippen molar-refractivity contribution in [2.45, 2.75) is 0 Å². The van der Waals surface area contributed by atoms with Gasteiger partial charge in [-0.05, 0) is 78.9 Å². The van der Waals surface area contributed by atoms with Gasteiger partial charge in [-0.2, -0.15) is 0 Å². The molecule has 0 fully saturated rings. The van der Waals surface area contributed by atoms with E-state index in [0.717, 1.165) is 44.6 Å². The number of para-hydroxylation sites is 3. The third kappa shape index (κ3) is 5.05. The van der Waals surface area contributed by atoms with Crippen molar-refractivity contribution >= 4 is 43.6 Å². The summed E-state index contributed by atoms with van der Waals surface area (Å²) in [6.07, 6.45) is 0. The van der Waals surface area contributed by atoms with Gasteiger partial charge in [0.1, 0.15) is 5.52 Å². The summed E-state index contributed by atoms with van der Waals surface area (Å²) >= 11 is 0. The number of rotatable bonds is 5. The molecule has 7 aromatic carbocycles. The third-order valence-electron chi connectivity index (χ3n) is 9.81. The Morgan fingerprint density at radius 1 is 0.407 bits per heavy atom. The summed E-state index contributed by atoms with van der Waals surface area (Å²) in [5.41, 5.74) is 7.11. The second kappa shape index (κ2) is 12.5. The summed E-state index contributed by atoms with van der Waals surface area (Å²) in [5, 5.41) is 2.48. The average Bonchev–Trinajstić information content (AvgIpc) is 3.24. The molecule has 0 bridgehead atoms. The minimum absolute atomic E-state index is 0.00426. The molecular formula is C47H27N5O2. The zero-order chi connectivity index (χ0) is 36.2. The molecule has 7 nitrogen and oxygen atoms in total. The Morgan fingerprint density at radius 2 is 0.852 bits per heavy atom. The predicted octanol–water partition coefficient (Wildman–Crippen LogP) is 9.39. The second-order valence-electron chi connectivity index (χ2n) is 13.0. The van der Waals surface area contributed by atoms with Crippen LogP contribution in [-0.4, -0.2) is 24.1 Å². The van der Waals surface area contributed by atoms with Crippen molar-refractivity contribution < 1.29 is 0 Å². The normalized spacial score (nSPS) is 11.3. The Hall–Kier alpha value is -7.69. The van der Waals surface area contributed by atoms with E-state index in [0.29, 0.717) is 44.5 Å². The molecular weight excluding hydrogens is 667 g/mol. The highest BCUT2D eigenvalue weighted by Gasteiger charge is 2.17. The zero-order valence-corrected chi connectivity index (χ0v) is 28.6. The number of hydrogen-bond donors (Lipinski definition) is 0. The van der Waals surface area contributed by atoms with Crippen LogP contribution in [0.1, 0.15) is 0 Å². The van der Waals surface area contributed by atoms with Gasteiger partial charge in [0.25, 0.3) is 0 Å². The van der Waals surface area contributed by atoms with Crippen LogP contribution in [0.25, 0.3) is 89.2 Å². The van der Waals surface area contributed by atoms with Crippen LogP contribution in [0.4, 0.5) is 0 Å². The van der Waals surface area contributed by atoms with E-state index in [9.17, 15) is 9.59 Å². The number of aromatic nitrogens is 5. The first-order valence-electron chi connectivity index (χ1n) is 17.5. The molecule has 54 heavy (non-hydrogen) atoms. The maximum atomic E-state index is 13.5. The van der Waals surface area contributed by atoms with Gasteiger partial charge in [-0.15, -0.1) is 0 Å². The van der Waals surface area contributed by atoms with E-state index in [-0.39, 0.29) is 10.9 Å². The van der Waals surface area contributed by atoms with Gasteiger partial charge in [-0.3, -0.25) is 9.59 Å². The van der Waals surface area contributed by atoms with E-state index in [1.807, 2.05) is 150 Å². The van der Waals surface area contributed by atoms with Crippen molar-refractivity contribution in [1.82, 2.24) is 24.1 Å². The Balaban J connectivity index is 1.18. The van der Waals surface area contributed by atoms with Crippen LogP contribution in [0.3, 0.4) is 0 Å². The average molecular weight is 694 g/mol. The summed E-state index contributed by atoms with van der Waals surface area (Å²) in [6, 6.07) is 58.6. The molecule has 3 aromatic heterocycles. The van der Waals surface area contributed by atoms with Gasteiger partial charge in [-0.1, -0.05) is 97.1 Å². The van der Waals surface area contributed by atoms with Crippen LogP contribution in [0, 0.1) is 12.1 Å². The fourth-order valence-electron chi connectivity index (χ4n) is 7.33. The lowest BCUT2D eigenvalue weighted by molar-refractivity contribution is 1.07. The smallest absolute Gasteiger partial charge is 0.197 e. The Morgan fingerprint density at radius 3 is 1.43 bits per heavy atom. The summed E-state index contributed by atoms with van der Waals surface area (Å²) in [7, 11) is 0. The fraction of sp³-hybridized carbons (Fsp3) is 0. The predicted molar refractivity (Wildman–Crippen MR) is 215 cm³/mol. The minimum Gasteiger partial charge on any atom is -0.309 e. The molecule has 0 amide bonds. The number of fused-ring (bicyclic) bond motifs is 4. The van der Waals surface area contributed by atoms with Crippen LogP contribution in [-0.2, 0) is 0 Å². The molecule has 0 spiro atoms. The number of hydrogen-bond acceptors (Lipinski definition) is 5. The maximum absolute atomic E-state index is 13.5. The van der Waals surface area contributed by atoms with E-state index in [1.54, 1.807) is 12.1 Å². The molecule has 7 heteroatoms. The molecule has 3 heterocycles. The number of pyridine rings is 2. The lowest BCUT2D eigenvalue weighted by atomic mass is 10.1. The zero-order valence-electron chi connectivity index (χ0n) is 28.6. The number of nitrogens with zero attached hydrogens (tertiary/aromatic N) is 5. The highest BCUT2D eigenvalue weighted by molar-refractivity contribution is 5.96. The van der Waals surface area contributed by atoms with Gasteiger partial charge >= 0.3 is 0 Å². The lowest BCUT2D eigenvalue weighted by Gasteiger charge is -2.16. The molecule has 0 unspecified atom stereocenters. The van der Waals surface area contributed by atoms with Crippen LogP contribution in [0.2, 0.25) is 0 Å². The molecule has 0 aliphatic rings. The van der Waals surface area contributed by atoms with Crippen molar-refractivity contribution in [3.63, 3.8) is 0 Å². The quantitative estimate of drug-likeness (QED) is 0.168. The van der Waals surface area contributed by atoms with E-state index in [4.69, 9.17) is 15.0 Å². The molecule has 0 saturated carbocycles. The molecule has 252 valence electrons. The fourth-order valence-corrected chi connectivity index (χ4v) is 7.33. The molecule has 0 aliphatic heterocycles. The minimum atomic E-state index is -0.0433. The first-order valence-corrected chi connectivity index (χ1v) is 17.5. The monoisotopic (exact) mass is 693 g/mol. The molecule has 0 atom stereocenters. The van der Waals surface area contributed by atoms with Crippen LogP contribution in [0.5, 0.6) is 0 Å². The standard InChI is InChI=1S/C47H27N5O2/c53-43-35-20-4-8-24-39(35)51(40-25-9-5-21-36(40)43)33-18-12-16-31(28-33)46-48-45(30-14-2-1-3-15-30)49-47(50-46)32-17-13-19-34(29-32)52-41-26-10-6-22-37(41)44(54)38-23-7-11-27-42(38)52/h1-10,12-26,28-29H. The van der Waals surface area contributed by atoms with Gasteiger partial charge in [0.2, 0.25) is 0 Å². The van der Waals surface area contributed by atoms with Crippen molar-refractivity contribution in [3.05, 3.63) is 196 Å². The SMILES string of the molecule is O=c1c2ccc#cc2n(-c2cccc(-c3nc(-c4ccccc4)nc(-c4cccc(-n5c6ccccc6c(=O)c6ccccc65)c4)n3)c2)c2ccccc12. The number of benzene rings is 6. The summed E-state index contributed by atoms with van der Waals surface area (Å²) in [5.74, 6) is 1.53. The van der Waals surface area contributed by atoms with E-state index in [2.05, 4.69) is 22.8 Å². The Bertz CT molecular complexity index is 2910.